The first-order valence-corrected chi connectivity index (χ1v) is 12.1. The van der Waals surface area contributed by atoms with Gasteiger partial charge >= 0.3 is 0 Å². The smallest absolute Gasteiger partial charge is 0.262 e. The second-order valence-electron chi connectivity index (χ2n) is 8.86. The van der Waals surface area contributed by atoms with E-state index in [0.29, 0.717) is 40.7 Å². The highest BCUT2D eigenvalue weighted by Crippen LogP contribution is 2.39. The van der Waals surface area contributed by atoms with Crippen LogP contribution < -0.4 is 18.9 Å². The molecule has 1 aliphatic rings. The zero-order chi connectivity index (χ0) is 28.1. The minimum absolute atomic E-state index is 0.148. The van der Waals surface area contributed by atoms with Gasteiger partial charge in [0.15, 0.2) is 11.5 Å². The molecule has 0 spiro atoms. The van der Waals surface area contributed by atoms with Crippen molar-refractivity contribution in [3.8, 4) is 23.0 Å². The van der Waals surface area contributed by atoms with Crippen molar-refractivity contribution in [2.75, 3.05) is 42.0 Å². The summed E-state index contributed by atoms with van der Waals surface area (Å²) in [6, 6.07) is 15.6. The molecule has 0 unspecified atom stereocenters. The first-order chi connectivity index (χ1) is 18.8. The molecule has 0 aliphatic carbocycles. The van der Waals surface area contributed by atoms with Crippen LogP contribution in [0.5, 0.6) is 23.0 Å². The fraction of sp³-hybridized carbons (Fsp3) is 0.276. The molecule has 1 heterocycles. The van der Waals surface area contributed by atoms with Crippen molar-refractivity contribution >= 4 is 17.5 Å². The third-order valence-corrected chi connectivity index (χ3v) is 6.47. The van der Waals surface area contributed by atoms with Crippen LogP contribution in [0.1, 0.15) is 33.9 Å². The number of ether oxygens (including phenoxy) is 4. The largest absolute Gasteiger partial charge is 0.497 e. The average Bonchev–Trinajstić information content (AvgIpc) is 3.41. The van der Waals surface area contributed by atoms with Crippen molar-refractivity contribution in [3.63, 3.8) is 0 Å². The number of hydrazone groups is 1. The molecule has 3 aromatic rings. The molecule has 1 aliphatic heterocycles. The van der Waals surface area contributed by atoms with Crippen molar-refractivity contribution in [1.29, 1.82) is 0 Å². The van der Waals surface area contributed by atoms with Gasteiger partial charge in [-0.2, -0.15) is 5.10 Å². The number of amides is 2. The summed E-state index contributed by atoms with van der Waals surface area (Å²) in [7, 11) is 7.69. The second kappa shape index (κ2) is 11.8. The number of hydrogen-bond acceptors (Lipinski definition) is 7. The molecule has 204 valence electrons. The predicted molar refractivity (Wildman–Crippen MR) is 143 cm³/mol. The van der Waals surface area contributed by atoms with Crippen molar-refractivity contribution in [1.82, 2.24) is 9.91 Å². The first-order valence-electron chi connectivity index (χ1n) is 12.1. The Morgan fingerprint density at radius 2 is 1.67 bits per heavy atom. The summed E-state index contributed by atoms with van der Waals surface area (Å²) in [4.78, 5) is 27.7. The summed E-state index contributed by atoms with van der Waals surface area (Å²) in [6.07, 6.45) is 0.380. The summed E-state index contributed by atoms with van der Waals surface area (Å²) >= 11 is 0. The van der Waals surface area contributed by atoms with Crippen LogP contribution in [0.2, 0.25) is 0 Å². The van der Waals surface area contributed by atoms with E-state index < -0.39 is 23.7 Å². The van der Waals surface area contributed by atoms with E-state index in [1.807, 2.05) is 12.1 Å². The highest BCUT2D eigenvalue weighted by molar-refractivity contribution is 6.05. The number of nitrogens with zero attached hydrogens (tertiary/aromatic N) is 3. The van der Waals surface area contributed by atoms with Crippen LogP contribution in [-0.4, -0.2) is 69.5 Å². The summed E-state index contributed by atoms with van der Waals surface area (Å²) in [5.74, 6) is 0.807. The minimum atomic E-state index is -0.531. The molecule has 2 amide bonds. The van der Waals surface area contributed by atoms with Gasteiger partial charge in [-0.25, -0.2) is 9.40 Å². The van der Waals surface area contributed by atoms with Crippen molar-refractivity contribution in [2.45, 2.75) is 12.5 Å². The Hall–Kier alpha value is -4.60. The molecule has 3 aromatic carbocycles. The van der Waals surface area contributed by atoms with E-state index in [1.165, 1.54) is 42.3 Å². The molecule has 0 saturated heterocycles. The van der Waals surface area contributed by atoms with Gasteiger partial charge in [0.25, 0.3) is 11.8 Å². The van der Waals surface area contributed by atoms with Crippen LogP contribution in [0.15, 0.2) is 65.8 Å². The van der Waals surface area contributed by atoms with Gasteiger partial charge in [0.2, 0.25) is 0 Å². The molecule has 1 atom stereocenters. The van der Waals surface area contributed by atoms with Gasteiger partial charge in [0, 0.05) is 30.7 Å². The van der Waals surface area contributed by atoms with Crippen molar-refractivity contribution < 1.29 is 32.9 Å². The Bertz CT molecular complexity index is 1410. The van der Waals surface area contributed by atoms with Crippen molar-refractivity contribution in [3.05, 3.63) is 83.2 Å². The third kappa shape index (κ3) is 5.79. The number of carbonyl (C=O) groups is 2. The van der Waals surface area contributed by atoms with Crippen LogP contribution >= 0.6 is 0 Å². The number of rotatable bonds is 9. The third-order valence-electron chi connectivity index (χ3n) is 6.47. The highest BCUT2D eigenvalue weighted by atomic mass is 19.1. The van der Waals surface area contributed by atoms with Gasteiger partial charge in [-0.3, -0.25) is 9.59 Å². The Labute approximate surface area is 226 Å². The van der Waals surface area contributed by atoms with Gasteiger partial charge in [-0.15, -0.1) is 0 Å². The van der Waals surface area contributed by atoms with Crippen LogP contribution in [-0.2, 0) is 4.79 Å². The molecule has 0 fully saturated rings. The zero-order valence-corrected chi connectivity index (χ0v) is 22.4. The van der Waals surface area contributed by atoms with E-state index >= 15 is 0 Å². The number of methoxy groups -OCH3 is 4. The normalized spacial score (nSPS) is 14.5. The Kier molecular flexibility index (Phi) is 8.33. The molecule has 10 heteroatoms. The zero-order valence-electron chi connectivity index (χ0n) is 22.4. The summed E-state index contributed by atoms with van der Waals surface area (Å²) in [6.45, 7) is -0.268. The molecule has 0 aromatic heterocycles. The molecule has 0 N–H and O–H groups in total. The first kappa shape index (κ1) is 27.4. The number of likely N-dealkylation sites (N-methyl/N-ethyl adjacent to an activating group) is 1. The van der Waals surface area contributed by atoms with E-state index in [-0.39, 0.29) is 12.1 Å². The molecule has 0 radical (unpaired) electrons. The maximum Gasteiger partial charge on any atom is 0.262 e. The van der Waals surface area contributed by atoms with E-state index in [1.54, 1.807) is 45.6 Å². The van der Waals surface area contributed by atoms with Gasteiger partial charge in [-0.05, 0) is 48.0 Å². The lowest BCUT2D eigenvalue weighted by Crippen LogP contribution is -2.39. The van der Waals surface area contributed by atoms with Crippen LogP contribution in [0.25, 0.3) is 0 Å². The van der Waals surface area contributed by atoms with Crippen LogP contribution in [0, 0.1) is 5.82 Å². The van der Waals surface area contributed by atoms with Gasteiger partial charge in [0.05, 0.1) is 40.2 Å². The van der Waals surface area contributed by atoms with Gasteiger partial charge in [0.1, 0.15) is 23.9 Å². The quantitative estimate of drug-likeness (QED) is 0.406. The lowest BCUT2D eigenvalue weighted by Gasteiger charge is -2.25. The summed E-state index contributed by atoms with van der Waals surface area (Å²) in [5.41, 5.74) is 2.26. The van der Waals surface area contributed by atoms with E-state index in [4.69, 9.17) is 18.9 Å². The maximum atomic E-state index is 13.7. The molecule has 39 heavy (non-hydrogen) atoms. The predicted octanol–water partition coefficient (Wildman–Crippen LogP) is 4.31. The van der Waals surface area contributed by atoms with Gasteiger partial charge in [-0.1, -0.05) is 12.1 Å². The lowest BCUT2D eigenvalue weighted by molar-refractivity contribution is -0.133. The van der Waals surface area contributed by atoms with E-state index in [9.17, 15) is 14.0 Å². The van der Waals surface area contributed by atoms with Crippen molar-refractivity contribution in [2.24, 2.45) is 5.10 Å². The fourth-order valence-electron chi connectivity index (χ4n) is 4.45. The van der Waals surface area contributed by atoms with E-state index in [0.717, 1.165) is 11.6 Å². The lowest BCUT2D eigenvalue weighted by atomic mass is 9.97. The number of carbonyl (C=O) groups excluding carboxylic acids is 2. The SMILES string of the molecule is COc1ccc(C2=NN(C(=O)CN(C)C(=O)c3cccc(F)c3)[C@H](c3ccc(OC)c(OC)c3)C2)c(OC)c1. The average molecular weight is 536 g/mol. The number of benzene rings is 3. The molecule has 0 saturated carbocycles. The van der Waals surface area contributed by atoms with Crippen LogP contribution in [0.4, 0.5) is 4.39 Å². The minimum Gasteiger partial charge on any atom is -0.497 e. The standard InChI is InChI=1S/C29H30FN3O6/c1-32(29(35)19-7-6-8-20(30)13-19)17-28(34)33-24(18-9-12-25(37-3)27(14-18)39-5)16-23(31-33)22-11-10-21(36-2)15-26(22)38-4/h6-15,24H,16-17H2,1-5H3/t24-/m0/s1. The Morgan fingerprint density at radius 1 is 0.923 bits per heavy atom. The molecule has 9 nitrogen and oxygen atoms in total. The maximum absolute atomic E-state index is 13.7. The summed E-state index contributed by atoms with van der Waals surface area (Å²) in [5, 5.41) is 6.06. The van der Waals surface area contributed by atoms with Crippen LogP contribution in [0.3, 0.4) is 0 Å². The van der Waals surface area contributed by atoms with Gasteiger partial charge < -0.3 is 23.8 Å². The highest BCUT2D eigenvalue weighted by Gasteiger charge is 2.35. The monoisotopic (exact) mass is 535 g/mol. The number of hydrogen-bond donors (Lipinski definition) is 0. The second-order valence-corrected chi connectivity index (χ2v) is 8.86. The fourth-order valence-corrected chi connectivity index (χ4v) is 4.45. The van der Waals surface area contributed by atoms with E-state index in [2.05, 4.69) is 5.10 Å². The molecular weight excluding hydrogens is 505 g/mol. The Morgan fingerprint density at radius 3 is 2.33 bits per heavy atom. The topological polar surface area (TPSA) is 89.9 Å². The molecular formula is C29H30FN3O6. The number of halogens is 1. The molecule has 4 rings (SSSR count). The summed E-state index contributed by atoms with van der Waals surface area (Å²) < 4.78 is 35.4. The Balaban J connectivity index is 1.68. The molecule has 0 bridgehead atoms.